The Morgan fingerprint density at radius 2 is 2.27 bits per heavy atom. The van der Waals surface area contributed by atoms with Crippen LogP contribution in [0.2, 0.25) is 0 Å². The summed E-state index contributed by atoms with van der Waals surface area (Å²) in [5.74, 6) is 0.269. The van der Waals surface area contributed by atoms with Crippen LogP contribution >= 0.6 is 0 Å². The topological polar surface area (TPSA) is 46.1 Å². The van der Waals surface area contributed by atoms with Gasteiger partial charge in [0.25, 0.3) is 5.91 Å². The summed E-state index contributed by atoms with van der Waals surface area (Å²) in [5, 5.41) is 0. The van der Waals surface area contributed by atoms with Crippen molar-refractivity contribution in [1.29, 1.82) is 0 Å². The van der Waals surface area contributed by atoms with Gasteiger partial charge in [0, 0.05) is 12.4 Å². The van der Waals surface area contributed by atoms with Crippen molar-refractivity contribution in [2.45, 2.75) is 13.8 Å². The maximum absolute atomic E-state index is 11.5. The molecular formula is C11H13N3O. The summed E-state index contributed by atoms with van der Waals surface area (Å²) in [4.78, 5) is 21.1. The number of amides is 1. The van der Waals surface area contributed by atoms with Crippen LogP contribution in [0.15, 0.2) is 37.3 Å². The van der Waals surface area contributed by atoms with Crippen LogP contribution in [0.4, 0.5) is 5.82 Å². The highest BCUT2D eigenvalue weighted by Gasteiger charge is 2.10. The fraction of sp³-hybridized carbons (Fsp3) is 0.182. The lowest BCUT2D eigenvalue weighted by atomic mass is 10.4. The summed E-state index contributed by atoms with van der Waals surface area (Å²) in [6.07, 6.45) is 7.80. The average Bonchev–Trinajstić information content (AvgIpc) is 2.25. The zero-order chi connectivity index (χ0) is 11.3. The second-order valence-corrected chi connectivity index (χ2v) is 2.91. The number of hydrogen-bond donors (Lipinski definition) is 0. The zero-order valence-corrected chi connectivity index (χ0v) is 8.84. The predicted molar refractivity (Wildman–Crippen MR) is 59.3 cm³/mol. The summed E-state index contributed by atoms with van der Waals surface area (Å²) >= 11 is 0. The number of nitrogens with zero attached hydrogens (tertiary/aromatic N) is 3. The van der Waals surface area contributed by atoms with Gasteiger partial charge in [-0.15, -0.1) is 0 Å². The second-order valence-electron chi connectivity index (χ2n) is 2.91. The molecule has 0 bridgehead atoms. The number of allylic oxidation sites excluding steroid dienone is 1. The van der Waals surface area contributed by atoms with E-state index < -0.39 is 0 Å². The van der Waals surface area contributed by atoms with E-state index in [1.807, 2.05) is 13.8 Å². The molecule has 0 N–H and O–H groups in total. The van der Waals surface area contributed by atoms with E-state index in [2.05, 4.69) is 16.5 Å². The lowest BCUT2D eigenvalue weighted by molar-refractivity contribution is -0.113. The van der Waals surface area contributed by atoms with Gasteiger partial charge in [-0.2, -0.15) is 0 Å². The largest absolute Gasteiger partial charge is 0.269 e. The molecule has 0 atom stereocenters. The Hall–Kier alpha value is -1.97. The number of aryl methyl sites for hydroxylation is 1. The van der Waals surface area contributed by atoms with Crippen LogP contribution in [0.5, 0.6) is 0 Å². The van der Waals surface area contributed by atoms with E-state index >= 15 is 0 Å². The van der Waals surface area contributed by atoms with Crippen LogP contribution in [0, 0.1) is 6.92 Å². The molecule has 0 aliphatic carbocycles. The van der Waals surface area contributed by atoms with E-state index in [0.29, 0.717) is 5.82 Å². The molecule has 1 aromatic heterocycles. The zero-order valence-electron chi connectivity index (χ0n) is 8.84. The fourth-order valence-corrected chi connectivity index (χ4v) is 1.08. The smallest absolute Gasteiger partial charge is 0.255 e. The van der Waals surface area contributed by atoms with Gasteiger partial charge < -0.3 is 0 Å². The summed E-state index contributed by atoms with van der Waals surface area (Å²) in [6, 6.07) is 0. The lowest BCUT2D eigenvalue weighted by Crippen LogP contribution is -2.24. The van der Waals surface area contributed by atoms with Crippen molar-refractivity contribution in [3.63, 3.8) is 0 Å². The molecule has 15 heavy (non-hydrogen) atoms. The molecule has 0 spiro atoms. The molecule has 78 valence electrons. The maximum Gasteiger partial charge on any atom is 0.255 e. The molecule has 0 aromatic carbocycles. The van der Waals surface area contributed by atoms with Gasteiger partial charge in [0.15, 0.2) is 5.82 Å². The Labute approximate surface area is 89.0 Å². The molecule has 0 fully saturated rings. The summed E-state index contributed by atoms with van der Waals surface area (Å²) in [5.41, 5.74) is 0.763. The highest BCUT2D eigenvalue weighted by atomic mass is 16.2. The van der Waals surface area contributed by atoms with E-state index in [9.17, 15) is 4.79 Å². The van der Waals surface area contributed by atoms with Crippen LogP contribution in [0.1, 0.15) is 12.6 Å². The molecule has 0 aliphatic rings. The van der Waals surface area contributed by atoms with Crippen LogP contribution < -0.4 is 4.90 Å². The minimum absolute atomic E-state index is 0.229. The molecule has 1 rings (SSSR count). The molecule has 0 unspecified atom stereocenters. The number of carbonyl (C=O) groups is 1. The fourth-order valence-electron chi connectivity index (χ4n) is 1.08. The Morgan fingerprint density at radius 1 is 1.53 bits per heavy atom. The predicted octanol–water partition coefficient (Wildman–Crippen LogP) is 1.84. The molecule has 0 saturated carbocycles. The van der Waals surface area contributed by atoms with E-state index in [-0.39, 0.29) is 5.91 Å². The van der Waals surface area contributed by atoms with Crippen molar-refractivity contribution >= 4 is 11.7 Å². The number of anilines is 1. The Morgan fingerprint density at radius 3 is 2.80 bits per heavy atom. The van der Waals surface area contributed by atoms with Gasteiger partial charge >= 0.3 is 0 Å². The van der Waals surface area contributed by atoms with Gasteiger partial charge in [0.1, 0.15) is 0 Å². The first-order valence-corrected chi connectivity index (χ1v) is 4.56. The van der Waals surface area contributed by atoms with Gasteiger partial charge in [0.05, 0.1) is 11.9 Å². The van der Waals surface area contributed by atoms with Crippen molar-refractivity contribution in [3.8, 4) is 0 Å². The van der Waals surface area contributed by atoms with Crippen LogP contribution in [0.25, 0.3) is 0 Å². The van der Waals surface area contributed by atoms with E-state index in [1.54, 1.807) is 18.5 Å². The molecule has 4 nitrogen and oxygen atoms in total. The van der Waals surface area contributed by atoms with Crippen LogP contribution in [-0.4, -0.2) is 15.9 Å². The number of rotatable bonds is 3. The highest BCUT2D eigenvalue weighted by Crippen LogP contribution is 2.10. The lowest BCUT2D eigenvalue weighted by Gasteiger charge is -2.14. The summed E-state index contributed by atoms with van der Waals surface area (Å²) in [6.45, 7) is 7.09. The van der Waals surface area contributed by atoms with Crippen molar-refractivity contribution in [2.75, 3.05) is 4.90 Å². The van der Waals surface area contributed by atoms with Gasteiger partial charge in [-0.3, -0.25) is 14.7 Å². The van der Waals surface area contributed by atoms with Crippen molar-refractivity contribution < 1.29 is 4.79 Å². The maximum atomic E-state index is 11.5. The van der Waals surface area contributed by atoms with E-state index in [1.165, 1.54) is 17.2 Å². The molecular weight excluding hydrogens is 190 g/mol. The first-order valence-electron chi connectivity index (χ1n) is 4.56. The highest BCUT2D eigenvalue weighted by molar-refractivity contribution is 6.01. The first kappa shape index (κ1) is 11.1. The first-order chi connectivity index (χ1) is 7.19. The summed E-state index contributed by atoms with van der Waals surface area (Å²) < 4.78 is 0. The Balaban J connectivity index is 3.09. The number of aromatic nitrogens is 2. The normalized spacial score (nSPS) is 10.3. The van der Waals surface area contributed by atoms with Crippen LogP contribution in [0.3, 0.4) is 0 Å². The molecule has 1 heterocycles. The van der Waals surface area contributed by atoms with Gasteiger partial charge in [-0.05, 0) is 19.9 Å². The molecule has 1 amide bonds. The summed E-state index contributed by atoms with van der Waals surface area (Å²) in [7, 11) is 0. The Bertz CT molecular complexity index is 399. The number of hydrogen-bond acceptors (Lipinski definition) is 3. The average molecular weight is 203 g/mol. The Kier molecular flexibility index (Phi) is 3.74. The molecule has 0 radical (unpaired) electrons. The third-order valence-corrected chi connectivity index (χ3v) is 1.70. The van der Waals surface area contributed by atoms with Crippen LogP contribution in [-0.2, 0) is 4.79 Å². The quantitative estimate of drug-likeness (QED) is 0.704. The standard InChI is InChI=1S/C11H13N3O/c1-4-6-14(11(15)5-2)10-8-12-7-9(3)13-10/h4-8H,2H2,1,3H3/b6-4-. The SMILES string of the molecule is C=CC(=O)N(/C=C\C)c1cncc(C)n1. The monoisotopic (exact) mass is 203 g/mol. The van der Waals surface area contributed by atoms with Crippen molar-refractivity contribution in [1.82, 2.24) is 9.97 Å². The van der Waals surface area contributed by atoms with Gasteiger partial charge in [-0.25, -0.2) is 4.98 Å². The third kappa shape index (κ3) is 2.74. The van der Waals surface area contributed by atoms with E-state index in [0.717, 1.165) is 5.69 Å². The second kappa shape index (κ2) is 5.05. The van der Waals surface area contributed by atoms with Gasteiger partial charge in [0.2, 0.25) is 0 Å². The molecule has 1 aromatic rings. The van der Waals surface area contributed by atoms with E-state index in [4.69, 9.17) is 0 Å². The molecule has 0 saturated heterocycles. The van der Waals surface area contributed by atoms with Gasteiger partial charge in [-0.1, -0.05) is 12.7 Å². The molecule has 0 aliphatic heterocycles. The van der Waals surface area contributed by atoms with Crippen molar-refractivity contribution in [3.05, 3.63) is 43.0 Å². The number of carbonyl (C=O) groups excluding carboxylic acids is 1. The minimum atomic E-state index is -0.229. The molecule has 4 heteroatoms. The minimum Gasteiger partial charge on any atom is -0.269 e. The third-order valence-electron chi connectivity index (χ3n) is 1.70. The van der Waals surface area contributed by atoms with Crippen molar-refractivity contribution in [2.24, 2.45) is 0 Å².